The third kappa shape index (κ3) is 3.34. The summed E-state index contributed by atoms with van der Waals surface area (Å²) in [7, 11) is 3.57. The van der Waals surface area contributed by atoms with Crippen LogP contribution < -0.4 is 4.74 Å². The first-order chi connectivity index (χ1) is 13.1. The van der Waals surface area contributed by atoms with Gasteiger partial charge in [0.25, 0.3) is 5.91 Å². The zero-order chi connectivity index (χ0) is 19.0. The molecule has 0 aliphatic carbocycles. The van der Waals surface area contributed by atoms with E-state index < -0.39 is 0 Å². The van der Waals surface area contributed by atoms with E-state index in [2.05, 4.69) is 22.1 Å². The molecular formula is C21H27N3O3. The van der Waals surface area contributed by atoms with Crippen molar-refractivity contribution < 1.29 is 14.3 Å². The molecule has 27 heavy (non-hydrogen) atoms. The second-order valence-electron chi connectivity index (χ2n) is 7.56. The minimum atomic E-state index is 0.0820. The van der Waals surface area contributed by atoms with Crippen LogP contribution in [0, 0.1) is 12.8 Å². The van der Waals surface area contributed by atoms with Gasteiger partial charge in [-0.3, -0.25) is 9.48 Å². The number of benzene rings is 1. The average Bonchev–Trinajstić information content (AvgIpc) is 3.05. The van der Waals surface area contributed by atoms with Crippen LogP contribution >= 0.6 is 0 Å². The lowest BCUT2D eigenvalue weighted by Gasteiger charge is -2.42. The van der Waals surface area contributed by atoms with Gasteiger partial charge in [-0.25, -0.2) is 0 Å². The van der Waals surface area contributed by atoms with Crippen LogP contribution in [0.4, 0.5) is 0 Å². The normalized spacial score (nSPS) is 20.4. The van der Waals surface area contributed by atoms with E-state index in [1.54, 1.807) is 18.0 Å². The summed E-state index contributed by atoms with van der Waals surface area (Å²) in [6.45, 7) is 4.14. The molecule has 144 valence electrons. The van der Waals surface area contributed by atoms with Crippen molar-refractivity contribution >= 4 is 5.91 Å². The van der Waals surface area contributed by atoms with Gasteiger partial charge in [0.05, 0.1) is 18.9 Å². The smallest absolute Gasteiger partial charge is 0.257 e. The fraction of sp³-hybridized carbons (Fsp3) is 0.524. The number of ether oxygens (including phenoxy) is 2. The van der Waals surface area contributed by atoms with Crippen molar-refractivity contribution in [2.24, 2.45) is 13.0 Å². The monoisotopic (exact) mass is 369 g/mol. The maximum Gasteiger partial charge on any atom is 0.257 e. The summed E-state index contributed by atoms with van der Waals surface area (Å²) in [5.74, 6) is 1.42. The van der Waals surface area contributed by atoms with Crippen molar-refractivity contribution in [2.45, 2.75) is 38.8 Å². The molecule has 4 rings (SSSR count). The Balaban J connectivity index is 1.69. The van der Waals surface area contributed by atoms with Gasteiger partial charge in [0.15, 0.2) is 0 Å². The van der Waals surface area contributed by atoms with Crippen LogP contribution in [0.3, 0.4) is 0 Å². The summed E-state index contributed by atoms with van der Waals surface area (Å²) in [6, 6.07) is 6.37. The lowest BCUT2D eigenvalue weighted by molar-refractivity contribution is 0.0179. The molecule has 2 aliphatic heterocycles. The highest BCUT2D eigenvalue weighted by Gasteiger charge is 2.37. The lowest BCUT2D eigenvalue weighted by atomic mass is 9.82. The second kappa shape index (κ2) is 7.35. The molecule has 1 saturated heterocycles. The Morgan fingerprint density at radius 2 is 2.04 bits per heavy atom. The summed E-state index contributed by atoms with van der Waals surface area (Å²) in [6.07, 6.45) is 4.56. The van der Waals surface area contributed by atoms with Crippen LogP contribution in [-0.2, 0) is 24.8 Å². The molecule has 1 aromatic carbocycles. The number of hydrogen-bond donors (Lipinski definition) is 0. The number of carbonyl (C=O) groups excluding carboxylic acids is 1. The largest absolute Gasteiger partial charge is 0.497 e. The number of aromatic nitrogens is 2. The molecule has 2 aliphatic rings. The number of carbonyl (C=O) groups is 1. The maximum atomic E-state index is 13.4. The molecule has 1 aromatic heterocycles. The number of hydrogen-bond acceptors (Lipinski definition) is 4. The first kappa shape index (κ1) is 18.0. The topological polar surface area (TPSA) is 56.6 Å². The van der Waals surface area contributed by atoms with Crippen molar-refractivity contribution in [1.29, 1.82) is 0 Å². The van der Waals surface area contributed by atoms with E-state index in [-0.39, 0.29) is 11.9 Å². The van der Waals surface area contributed by atoms with Crippen LogP contribution in [0.2, 0.25) is 0 Å². The van der Waals surface area contributed by atoms with Crippen LogP contribution in [0.1, 0.15) is 40.0 Å². The van der Waals surface area contributed by atoms with Gasteiger partial charge in [-0.15, -0.1) is 0 Å². The highest BCUT2D eigenvalue weighted by atomic mass is 16.5. The number of aryl methyl sites for hydroxylation is 1. The fourth-order valence-corrected chi connectivity index (χ4v) is 4.32. The van der Waals surface area contributed by atoms with Gasteiger partial charge in [0.2, 0.25) is 0 Å². The quantitative estimate of drug-likeness (QED) is 0.835. The zero-order valence-electron chi connectivity index (χ0n) is 16.3. The summed E-state index contributed by atoms with van der Waals surface area (Å²) in [5.41, 5.74) is 4.10. The van der Waals surface area contributed by atoms with Gasteiger partial charge in [0, 0.05) is 38.5 Å². The predicted octanol–water partition coefficient (Wildman–Crippen LogP) is 2.73. The van der Waals surface area contributed by atoms with Crippen LogP contribution in [0.15, 0.2) is 24.4 Å². The number of amides is 1. The standard InChI is InChI=1S/C21H27N3O3/c1-14-19(12-22-23(14)2)21(25)24-13-16-4-5-18(26-3)10-17(16)11-20(24)15-6-8-27-9-7-15/h4-5,10,12,15,20H,6-9,11,13H2,1-3H3. The Bertz CT molecular complexity index is 839. The first-order valence-electron chi connectivity index (χ1n) is 9.61. The average molecular weight is 369 g/mol. The number of nitrogens with zero attached hydrogens (tertiary/aromatic N) is 3. The molecule has 1 atom stereocenters. The van der Waals surface area contributed by atoms with E-state index in [9.17, 15) is 4.79 Å². The van der Waals surface area contributed by atoms with E-state index in [1.165, 1.54) is 11.1 Å². The van der Waals surface area contributed by atoms with E-state index >= 15 is 0 Å². The molecule has 2 aromatic rings. The summed E-state index contributed by atoms with van der Waals surface area (Å²) >= 11 is 0. The van der Waals surface area contributed by atoms with Gasteiger partial charge in [-0.1, -0.05) is 6.07 Å². The highest BCUT2D eigenvalue weighted by Crippen LogP contribution is 2.34. The summed E-state index contributed by atoms with van der Waals surface area (Å²) in [5, 5.41) is 4.27. The minimum absolute atomic E-state index is 0.0820. The van der Waals surface area contributed by atoms with Crippen molar-refractivity contribution in [1.82, 2.24) is 14.7 Å². The number of rotatable bonds is 3. The van der Waals surface area contributed by atoms with Gasteiger partial charge in [-0.2, -0.15) is 5.10 Å². The molecule has 6 heteroatoms. The van der Waals surface area contributed by atoms with Gasteiger partial charge >= 0.3 is 0 Å². The van der Waals surface area contributed by atoms with Crippen molar-refractivity contribution in [3.63, 3.8) is 0 Å². The van der Waals surface area contributed by atoms with E-state index in [0.717, 1.165) is 43.9 Å². The predicted molar refractivity (Wildman–Crippen MR) is 102 cm³/mol. The SMILES string of the molecule is COc1ccc2c(c1)CC(C1CCOCC1)N(C(=O)c1cnn(C)c1C)C2. The third-order valence-electron chi connectivity index (χ3n) is 6.12. The first-order valence-corrected chi connectivity index (χ1v) is 9.61. The Morgan fingerprint density at radius 3 is 2.70 bits per heavy atom. The van der Waals surface area contributed by atoms with Gasteiger partial charge in [0.1, 0.15) is 5.75 Å². The van der Waals surface area contributed by atoms with E-state index in [1.807, 2.05) is 20.0 Å². The molecule has 0 radical (unpaired) electrons. The molecule has 3 heterocycles. The molecule has 6 nitrogen and oxygen atoms in total. The van der Waals surface area contributed by atoms with Crippen LogP contribution in [0.25, 0.3) is 0 Å². The number of methoxy groups -OCH3 is 1. The Labute approximate surface area is 160 Å². The van der Waals surface area contributed by atoms with Crippen LogP contribution in [-0.4, -0.2) is 47.0 Å². The summed E-state index contributed by atoms with van der Waals surface area (Å²) in [4.78, 5) is 15.5. The molecule has 0 bridgehead atoms. The Morgan fingerprint density at radius 1 is 1.26 bits per heavy atom. The lowest BCUT2D eigenvalue weighted by Crippen LogP contribution is -2.49. The molecule has 1 amide bonds. The van der Waals surface area contributed by atoms with E-state index in [4.69, 9.17) is 9.47 Å². The zero-order valence-corrected chi connectivity index (χ0v) is 16.3. The molecular weight excluding hydrogens is 342 g/mol. The van der Waals surface area contributed by atoms with Crippen molar-refractivity contribution in [3.8, 4) is 5.75 Å². The van der Waals surface area contributed by atoms with E-state index in [0.29, 0.717) is 18.0 Å². The molecule has 1 fully saturated rings. The van der Waals surface area contributed by atoms with Gasteiger partial charge in [-0.05, 0) is 55.4 Å². The fourth-order valence-electron chi connectivity index (χ4n) is 4.32. The minimum Gasteiger partial charge on any atom is -0.497 e. The Hall–Kier alpha value is -2.34. The van der Waals surface area contributed by atoms with Crippen molar-refractivity contribution in [2.75, 3.05) is 20.3 Å². The molecule has 0 saturated carbocycles. The van der Waals surface area contributed by atoms with Crippen molar-refractivity contribution in [3.05, 3.63) is 46.8 Å². The third-order valence-corrected chi connectivity index (χ3v) is 6.12. The van der Waals surface area contributed by atoms with Gasteiger partial charge < -0.3 is 14.4 Å². The summed E-state index contributed by atoms with van der Waals surface area (Å²) < 4.78 is 12.7. The Kier molecular flexibility index (Phi) is 4.91. The molecule has 0 spiro atoms. The molecule has 0 N–H and O–H groups in total. The van der Waals surface area contributed by atoms with Crippen LogP contribution in [0.5, 0.6) is 5.75 Å². The second-order valence-corrected chi connectivity index (χ2v) is 7.56. The number of fused-ring (bicyclic) bond motifs is 1. The maximum absolute atomic E-state index is 13.4. The highest BCUT2D eigenvalue weighted by molar-refractivity contribution is 5.95. The molecule has 1 unspecified atom stereocenters.